The Morgan fingerprint density at radius 2 is 1.91 bits per heavy atom. The topological polar surface area (TPSA) is 41.6 Å². The van der Waals surface area contributed by atoms with Crippen LogP contribution in [0.3, 0.4) is 0 Å². The summed E-state index contributed by atoms with van der Waals surface area (Å²) < 4.78 is 5.48. The van der Waals surface area contributed by atoms with Crippen LogP contribution in [0.25, 0.3) is 0 Å². The smallest absolute Gasteiger partial charge is 0.410 e. The van der Waals surface area contributed by atoms with Crippen LogP contribution in [-0.2, 0) is 4.74 Å². The van der Waals surface area contributed by atoms with Gasteiger partial charge in [-0.05, 0) is 52.5 Å². The lowest BCUT2D eigenvalue weighted by Crippen LogP contribution is -2.38. The molecule has 2 atom stereocenters. The van der Waals surface area contributed by atoms with Gasteiger partial charge in [0, 0.05) is 25.2 Å². The zero-order valence-corrected chi connectivity index (χ0v) is 14.8. The fraction of sp³-hybridized carbons (Fsp3) is 0.632. The van der Waals surface area contributed by atoms with Crippen molar-refractivity contribution in [2.75, 3.05) is 13.1 Å². The normalized spacial score (nSPS) is 20.7. The maximum absolute atomic E-state index is 12.2. The van der Waals surface area contributed by atoms with Crippen molar-refractivity contribution in [3.63, 3.8) is 0 Å². The van der Waals surface area contributed by atoms with Gasteiger partial charge < -0.3 is 15.0 Å². The largest absolute Gasteiger partial charge is 0.444 e. The number of carbonyl (C=O) groups is 1. The van der Waals surface area contributed by atoms with E-state index in [1.54, 1.807) is 0 Å². The molecule has 0 radical (unpaired) electrons. The number of hydrogen-bond acceptors (Lipinski definition) is 3. The Balaban J connectivity index is 1.85. The first-order valence-corrected chi connectivity index (χ1v) is 8.64. The highest BCUT2D eigenvalue weighted by molar-refractivity contribution is 5.68. The van der Waals surface area contributed by atoms with Gasteiger partial charge in [-0.25, -0.2) is 4.79 Å². The van der Waals surface area contributed by atoms with Gasteiger partial charge in [-0.1, -0.05) is 30.3 Å². The molecular formula is C19H30N2O2. The third kappa shape index (κ3) is 5.87. The molecule has 0 saturated carbocycles. The van der Waals surface area contributed by atoms with Gasteiger partial charge >= 0.3 is 6.09 Å². The zero-order chi connectivity index (χ0) is 16.9. The molecule has 1 amide bonds. The molecule has 1 N–H and O–H groups in total. The van der Waals surface area contributed by atoms with Gasteiger partial charge in [0.15, 0.2) is 0 Å². The van der Waals surface area contributed by atoms with Crippen molar-refractivity contribution in [1.82, 2.24) is 10.2 Å². The first-order valence-electron chi connectivity index (χ1n) is 8.64. The molecule has 0 aliphatic carbocycles. The van der Waals surface area contributed by atoms with Crippen molar-refractivity contribution in [2.45, 2.75) is 64.6 Å². The Kier molecular flexibility index (Phi) is 6.05. The summed E-state index contributed by atoms with van der Waals surface area (Å²) in [6.07, 6.45) is 2.89. The minimum absolute atomic E-state index is 0.186. The summed E-state index contributed by atoms with van der Waals surface area (Å²) in [4.78, 5) is 14.0. The lowest BCUT2D eigenvalue weighted by Gasteiger charge is -2.26. The van der Waals surface area contributed by atoms with Crippen molar-refractivity contribution in [1.29, 1.82) is 0 Å². The van der Waals surface area contributed by atoms with Crippen LogP contribution >= 0.6 is 0 Å². The molecule has 0 spiro atoms. The number of benzene rings is 1. The van der Waals surface area contributed by atoms with Crippen LogP contribution in [0, 0.1) is 0 Å². The number of nitrogens with one attached hydrogen (secondary N) is 1. The molecule has 1 unspecified atom stereocenters. The van der Waals surface area contributed by atoms with Crippen molar-refractivity contribution in [2.24, 2.45) is 0 Å². The molecule has 0 aromatic heterocycles. The number of hydrogen-bond donors (Lipinski definition) is 1. The van der Waals surface area contributed by atoms with Gasteiger partial charge in [-0.3, -0.25) is 0 Å². The Morgan fingerprint density at radius 3 is 2.57 bits per heavy atom. The number of ether oxygens (including phenoxy) is 1. The molecule has 1 aliphatic rings. The number of carbonyl (C=O) groups excluding carboxylic acids is 1. The number of amides is 1. The summed E-state index contributed by atoms with van der Waals surface area (Å²) in [7, 11) is 0. The van der Waals surface area contributed by atoms with Crippen molar-refractivity contribution in [3.8, 4) is 0 Å². The summed E-state index contributed by atoms with van der Waals surface area (Å²) >= 11 is 0. The van der Waals surface area contributed by atoms with E-state index in [4.69, 9.17) is 4.74 Å². The second kappa shape index (κ2) is 7.82. The second-order valence-electron chi connectivity index (χ2n) is 7.39. The van der Waals surface area contributed by atoms with E-state index < -0.39 is 5.60 Å². The predicted octanol–water partition coefficient (Wildman–Crippen LogP) is 4.13. The second-order valence-corrected chi connectivity index (χ2v) is 7.39. The molecule has 2 rings (SSSR count). The first kappa shape index (κ1) is 17.8. The molecule has 1 fully saturated rings. The minimum Gasteiger partial charge on any atom is -0.444 e. The van der Waals surface area contributed by atoms with E-state index in [2.05, 4.69) is 36.5 Å². The SMILES string of the molecule is C[C@@H](NC1CCCN(C(=O)OC(C)(C)C)CC1)c1ccccc1. The maximum Gasteiger partial charge on any atom is 0.410 e. The quantitative estimate of drug-likeness (QED) is 0.911. The average Bonchev–Trinajstić information content (AvgIpc) is 2.72. The van der Waals surface area contributed by atoms with Crippen molar-refractivity contribution >= 4 is 6.09 Å². The minimum atomic E-state index is -0.428. The molecule has 1 heterocycles. The molecular weight excluding hydrogens is 288 g/mol. The lowest BCUT2D eigenvalue weighted by molar-refractivity contribution is 0.0256. The van der Waals surface area contributed by atoms with E-state index in [1.165, 1.54) is 5.56 Å². The highest BCUT2D eigenvalue weighted by atomic mass is 16.6. The molecule has 128 valence electrons. The van der Waals surface area contributed by atoms with Crippen molar-refractivity contribution in [3.05, 3.63) is 35.9 Å². The van der Waals surface area contributed by atoms with Crippen LogP contribution in [0.5, 0.6) is 0 Å². The summed E-state index contributed by atoms with van der Waals surface area (Å²) in [5.41, 5.74) is 0.879. The van der Waals surface area contributed by atoms with Crippen LogP contribution in [0.15, 0.2) is 30.3 Å². The Bertz CT molecular complexity index is 496. The van der Waals surface area contributed by atoms with Crippen LogP contribution < -0.4 is 5.32 Å². The zero-order valence-electron chi connectivity index (χ0n) is 14.8. The maximum atomic E-state index is 12.2. The Morgan fingerprint density at radius 1 is 1.22 bits per heavy atom. The number of likely N-dealkylation sites (tertiary alicyclic amines) is 1. The van der Waals surface area contributed by atoms with Gasteiger partial charge in [0.2, 0.25) is 0 Å². The van der Waals surface area contributed by atoms with Gasteiger partial charge in [0.05, 0.1) is 0 Å². The summed E-state index contributed by atoms with van der Waals surface area (Å²) in [6.45, 7) is 9.48. The fourth-order valence-corrected chi connectivity index (χ4v) is 2.96. The number of nitrogens with zero attached hydrogens (tertiary/aromatic N) is 1. The van der Waals surface area contributed by atoms with Gasteiger partial charge in [-0.15, -0.1) is 0 Å². The molecule has 23 heavy (non-hydrogen) atoms. The molecule has 0 bridgehead atoms. The molecule has 1 aliphatic heterocycles. The van der Waals surface area contributed by atoms with Crippen LogP contribution in [0.4, 0.5) is 4.79 Å². The van der Waals surface area contributed by atoms with Gasteiger partial charge in [-0.2, -0.15) is 0 Å². The average molecular weight is 318 g/mol. The molecule has 4 nitrogen and oxygen atoms in total. The fourth-order valence-electron chi connectivity index (χ4n) is 2.96. The van der Waals surface area contributed by atoms with E-state index >= 15 is 0 Å². The Hall–Kier alpha value is -1.55. The predicted molar refractivity (Wildman–Crippen MR) is 93.4 cm³/mol. The third-order valence-electron chi connectivity index (χ3n) is 4.17. The highest BCUT2D eigenvalue weighted by Crippen LogP contribution is 2.19. The van der Waals surface area contributed by atoms with Gasteiger partial charge in [0.1, 0.15) is 5.60 Å². The number of rotatable bonds is 3. The standard InChI is InChI=1S/C19H30N2O2/c1-15(16-9-6-5-7-10-16)20-17-11-8-13-21(14-12-17)18(22)23-19(2,3)4/h5-7,9-10,15,17,20H,8,11-14H2,1-4H3/t15-,17?/m1/s1. The first-order chi connectivity index (χ1) is 10.8. The Labute approximate surface area is 140 Å². The monoisotopic (exact) mass is 318 g/mol. The van der Waals surface area contributed by atoms with Crippen LogP contribution in [-0.4, -0.2) is 35.7 Å². The van der Waals surface area contributed by atoms with Crippen LogP contribution in [0.1, 0.15) is 58.6 Å². The third-order valence-corrected chi connectivity index (χ3v) is 4.17. The summed E-state index contributed by atoms with van der Waals surface area (Å²) in [5.74, 6) is 0. The highest BCUT2D eigenvalue weighted by Gasteiger charge is 2.25. The van der Waals surface area contributed by atoms with Crippen molar-refractivity contribution < 1.29 is 9.53 Å². The van der Waals surface area contributed by atoms with E-state index in [0.29, 0.717) is 12.1 Å². The molecule has 1 aromatic carbocycles. The van der Waals surface area contributed by atoms with E-state index in [0.717, 1.165) is 32.4 Å². The summed E-state index contributed by atoms with van der Waals surface area (Å²) in [5, 5.41) is 3.70. The molecule has 4 heteroatoms. The van der Waals surface area contributed by atoms with Gasteiger partial charge in [0.25, 0.3) is 0 Å². The van der Waals surface area contributed by atoms with Crippen LogP contribution in [0.2, 0.25) is 0 Å². The lowest BCUT2D eigenvalue weighted by atomic mass is 10.0. The van der Waals surface area contributed by atoms with E-state index in [1.807, 2.05) is 31.7 Å². The van der Waals surface area contributed by atoms with E-state index in [-0.39, 0.29) is 6.09 Å². The molecule has 1 aromatic rings. The summed E-state index contributed by atoms with van der Waals surface area (Å²) in [6, 6.07) is 11.3. The molecule has 1 saturated heterocycles. The van der Waals surface area contributed by atoms with E-state index in [9.17, 15) is 4.79 Å².